The lowest BCUT2D eigenvalue weighted by Crippen LogP contribution is -1.95. The topological polar surface area (TPSA) is 62.7 Å². The molecule has 1 aromatic heterocycles. The molecule has 104 valence electrons. The minimum absolute atomic E-state index is 0.0802. The zero-order valence-corrected chi connectivity index (χ0v) is 12.4. The highest BCUT2D eigenvalue weighted by atomic mass is 35.5. The maximum absolute atomic E-state index is 8.57. The van der Waals surface area contributed by atoms with E-state index in [1.807, 2.05) is 13.0 Å². The van der Waals surface area contributed by atoms with Crippen molar-refractivity contribution in [1.29, 1.82) is 5.26 Å². The number of nitriles is 1. The van der Waals surface area contributed by atoms with E-state index in [0.717, 1.165) is 5.56 Å². The van der Waals surface area contributed by atoms with E-state index >= 15 is 0 Å². The summed E-state index contributed by atoms with van der Waals surface area (Å²) < 4.78 is 5.22. The van der Waals surface area contributed by atoms with Gasteiger partial charge in [0.05, 0.1) is 6.07 Å². The molecule has 2 rings (SSSR count). The monoisotopic (exact) mass is 309 g/mol. The number of aromatic nitrogens is 2. The lowest BCUT2D eigenvalue weighted by molar-refractivity contribution is 0.351. The molecule has 0 saturated carbocycles. The van der Waals surface area contributed by atoms with Gasteiger partial charge in [0, 0.05) is 28.8 Å². The maximum Gasteiger partial charge on any atom is 0.229 e. The molecule has 0 aliphatic heterocycles. The van der Waals surface area contributed by atoms with Crippen LogP contribution >= 0.6 is 23.2 Å². The zero-order valence-electron chi connectivity index (χ0n) is 10.9. The SMILES string of the molecule is CC(CCC#N)c1nc(Cc2ccc(Cl)cc2Cl)no1. The second kappa shape index (κ2) is 6.74. The highest BCUT2D eigenvalue weighted by Crippen LogP contribution is 2.24. The first-order valence-electron chi connectivity index (χ1n) is 6.23. The summed E-state index contributed by atoms with van der Waals surface area (Å²) >= 11 is 12.0. The fourth-order valence-corrected chi connectivity index (χ4v) is 2.25. The fourth-order valence-electron chi connectivity index (χ4n) is 1.78. The van der Waals surface area contributed by atoms with Crippen molar-refractivity contribution in [1.82, 2.24) is 10.1 Å². The van der Waals surface area contributed by atoms with Crippen molar-refractivity contribution in [2.24, 2.45) is 0 Å². The quantitative estimate of drug-likeness (QED) is 0.822. The second-order valence-electron chi connectivity index (χ2n) is 4.56. The summed E-state index contributed by atoms with van der Waals surface area (Å²) in [5.41, 5.74) is 0.896. The van der Waals surface area contributed by atoms with E-state index in [-0.39, 0.29) is 5.92 Å². The summed E-state index contributed by atoms with van der Waals surface area (Å²) in [6.07, 6.45) is 1.67. The van der Waals surface area contributed by atoms with Crippen molar-refractivity contribution in [3.05, 3.63) is 45.5 Å². The molecule has 1 heterocycles. The van der Waals surface area contributed by atoms with Crippen LogP contribution in [-0.4, -0.2) is 10.1 Å². The molecule has 0 aliphatic rings. The van der Waals surface area contributed by atoms with Crippen LogP contribution in [0.25, 0.3) is 0 Å². The standard InChI is InChI=1S/C14H13Cl2N3O/c1-9(3-2-6-17)14-18-13(19-20-14)7-10-4-5-11(15)8-12(10)16/h4-5,8-9H,2-3,7H2,1H3. The molecule has 2 aromatic rings. The molecule has 4 nitrogen and oxygen atoms in total. The lowest BCUT2D eigenvalue weighted by Gasteiger charge is -2.02. The van der Waals surface area contributed by atoms with Gasteiger partial charge >= 0.3 is 0 Å². The van der Waals surface area contributed by atoms with E-state index in [9.17, 15) is 0 Å². The molecule has 0 spiro atoms. The van der Waals surface area contributed by atoms with Crippen LogP contribution in [-0.2, 0) is 6.42 Å². The van der Waals surface area contributed by atoms with Crippen LogP contribution in [0.3, 0.4) is 0 Å². The summed E-state index contributed by atoms with van der Waals surface area (Å²) in [7, 11) is 0. The molecule has 1 unspecified atom stereocenters. The summed E-state index contributed by atoms with van der Waals surface area (Å²) in [5.74, 6) is 1.21. The normalized spacial score (nSPS) is 12.1. The van der Waals surface area contributed by atoms with Gasteiger partial charge in [0.15, 0.2) is 5.82 Å². The Morgan fingerprint density at radius 1 is 1.40 bits per heavy atom. The van der Waals surface area contributed by atoms with Gasteiger partial charge in [-0.25, -0.2) is 0 Å². The van der Waals surface area contributed by atoms with Gasteiger partial charge in [0.1, 0.15) is 0 Å². The lowest BCUT2D eigenvalue weighted by atomic mass is 10.1. The Balaban J connectivity index is 2.08. The largest absolute Gasteiger partial charge is 0.339 e. The second-order valence-corrected chi connectivity index (χ2v) is 5.40. The highest BCUT2D eigenvalue weighted by Gasteiger charge is 2.15. The minimum atomic E-state index is 0.0802. The van der Waals surface area contributed by atoms with Gasteiger partial charge < -0.3 is 4.52 Å². The first-order chi connectivity index (χ1) is 9.60. The van der Waals surface area contributed by atoms with E-state index < -0.39 is 0 Å². The molecule has 0 bridgehead atoms. The molecular formula is C14H13Cl2N3O. The van der Waals surface area contributed by atoms with Gasteiger partial charge in [-0.1, -0.05) is 41.3 Å². The van der Waals surface area contributed by atoms with Crippen molar-refractivity contribution in [2.75, 3.05) is 0 Å². The Kier molecular flexibility index (Phi) is 4.99. The van der Waals surface area contributed by atoms with Gasteiger partial charge in [0.25, 0.3) is 0 Å². The summed E-state index contributed by atoms with van der Waals surface area (Å²) in [4.78, 5) is 4.34. The van der Waals surface area contributed by atoms with Crippen molar-refractivity contribution in [3.8, 4) is 6.07 Å². The fraction of sp³-hybridized carbons (Fsp3) is 0.357. The molecular weight excluding hydrogens is 297 g/mol. The van der Waals surface area contributed by atoms with Crippen LogP contribution in [0, 0.1) is 11.3 Å². The Morgan fingerprint density at radius 2 is 2.20 bits per heavy atom. The molecule has 0 fully saturated rings. The molecule has 0 N–H and O–H groups in total. The van der Waals surface area contributed by atoms with E-state index in [1.165, 1.54) is 0 Å². The van der Waals surface area contributed by atoms with Gasteiger partial charge in [-0.3, -0.25) is 0 Å². The number of hydrogen-bond donors (Lipinski definition) is 0. The molecule has 1 atom stereocenters. The predicted octanol–water partition coefficient (Wildman–Crippen LogP) is 4.37. The molecule has 1 aromatic carbocycles. The molecule has 0 radical (unpaired) electrons. The Bertz CT molecular complexity index is 634. The highest BCUT2D eigenvalue weighted by molar-refractivity contribution is 6.35. The van der Waals surface area contributed by atoms with Gasteiger partial charge in [-0.05, 0) is 24.1 Å². The van der Waals surface area contributed by atoms with Crippen molar-refractivity contribution in [3.63, 3.8) is 0 Å². The molecule has 0 amide bonds. The van der Waals surface area contributed by atoms with Crippen LogP contribution in [0.5, 0.6) is 0 Å². The number of hydrogen-bond acceptors (Lipinski definition) is 4. The number of rotatable bonds is 5. The van der Waals surface area contributed by atoms with Gasteiger partial charge in [-0.2, -0.15) is 10.2 Å². The Labute approximate surface area is 127 Å². The van der Waals surface area contributed by atoms with Crippen LogP contribution < -0.4 is 0 Å². The van der Waals surface area contributed by atoms with E-state index in [0.29, 0.717) is 41.0 Å². The summed E-state index contributed by atoms with van der Waals surface area (Å²) in [6.45, 7) is 1.96. The Morgan fingerprint density at radius 3 is 2.90 bits per heavy atom. The number of nitrogens with zero attached hydrogens (tertiary/aromatic N) is 3. The van der Waals surface area contributed by atoms with Crippen LogP contribution in [0.1, 0.15) is 43.0 Å². The average Bonchev–Trinajstić information content (AvgIpc) is 2.88. The first kappa shape index (κ1) is 14.8. The molecule has 0 aliphatic carbocycles. The number of benzene rings is 1. The third-order valence-electron chi connectivity index (χ3n) is 2.96. The van der Waals surface area contributed by atoms with Crippen LogP contribution in [0.15, 0.2) is 22.7 Å². The average molecular weight is 310 g/mol. The van der Waals surface area contributed by atoms with Crippen molar-refractivity contribution < 1.29 is 4.52 Å². The third kappa shape index (κ3) is 3.72. The third-order valence-corrected chi connectivity index (χ3v) is 3.55. The first-order valence-corrected chi connectivity index (χ1v) is 6.99. The summed E-state index contributed by atoms with van der Waals surface area (Å²) in [6, 6.07) is 7.42. The molecule has 6 heteroatoms. The van der Waals surface area contributed by atoms with Gasteiger partial charge in [-0.15, -0.1) is 0 Å². The van der Waals surface area contributed by atoms with Crippen LogP contribution in [0.2, 0.25) is 10.0 Å². The predicted molar refractivity (Wildman–Crippen MR) is 76.8 cm³/mol. The van der Waals surface area contributed by atoms with Crippen LogP contribution in [0.4, 0.5) is 0 Å². The molecule has 20 heavy (non-hydrogen) atoms. The van der Waals surface area contributed by atoms with E-state index in [1.54, 1.807) is 12.1 Å². The molecule has 0 saturated heterocycles. The van der Waals surface area contributed by atoms with Crippen molar-refractivity contribution >= 4 is 23.2 Å². The zero-order chi connectivity index (χ0) is 14.5. The maximum atomic E-state index is 8.57. The van der Waals surface area contributed by atoms with E-state index in [2.05, 4.69) is 16.2 Å². The smallest absolute Gasteiger partial charge is 0.229 e. The van der Waals surface area contributed by atoms with Gasteiger partial charge in [0.2, 0.25) is 5.89 Å². The minimum Gasteiger partial charge on any atom is -0.339 e. The Hall–Kier alpha value is -1.57. The summed E-state index contributed by atoms with van der Waals surface area (Å²) in [5, 5.41) is 13.7. The number of halogens is 2. The van der Waals surface area contributed by atoms with Crippen molar-refractivity contribution in [2.45, 2.75) is 32.1 Å². The van der Waals surface area contributed by atoms with E-state index in [4.69, 9.17) is 33.0 Å².